The van der Waals surface area contributed by atoms with E-state index in [1.165, 1.54) is 10.9 Å². The highest BCUT2D eigenvalue weighted by Gasteiger charge is 2.21. The molecule has 9 heteroatoms. The molecule has 192 valence electrons. The lowest BCUT2D eigenvalue weighted by Gasteiger charge is -2.17. The van der Waals surface area contributed by atoms with Gasteiger partial charge in [0.05, 0.1) is 34.8 Å². The lowest BCUT2D eigenvalue weighted by atomic mass is 9.85. The normalized spacial score (nSPS) is 11.0. The van der Waals surface area contributed by atoms with Gasteiger partial charge in [-0.25, -0.2) is 4.98 Å². The average Bonchev–Trinajstić information content (AvgIpc) is 2.93. The van der Waals surface area contributed by atoms with Crippen LogP contribution in [0.1, 0.15) is 35.3 Å². The Morgan fingerprint density at radius 1 is 1.08 bits per heavy atom. The number of amides is 2. The smallest absolute Gasteiger partial charge is 0.265 e. The number of carbonyl (C=O) groups excluding carboxylic acids is 2. The Morgan fingerprint density at radius 2 is 1.84 bits per heavy atom. The molecule has 0 unspecified atom stereocenters. The number of aromatic nitrogens is 2. The standard InChI is InChI=1S/C29H28N6O3/c1-18-11-12-21(34-27(37)19-7-5-8-20(13-19)29(2,3)16-30)14-24(18)35-17-33-26-22(28(35)38)9-6-10-23(26)32-15-25(36)31-4/h5-14,17,32H,15H2,1-4H3,(H,31,36)(H,34,37). The summed E-state index contributed by atoms with van der Waals surface area (Å²) in [6, 6.07) is 19.7. The van der Waals surface area contributed by atoms with Crippen molar-refractivity contribution in [3.05, 3.63) is 94.0 Å². The Morgan fingerprint density at radius 3 is 2.58 bits per heavy atom. The summed E-state index contributed by atoms with van der Waals surface area (Å²) in [5.74, 6) is -0.517. The first kappa shape index (κ1) is 26.1. The summed E-state index contributed by atoms with van der Waals surface area (Å²) in [6.07, 6.45) is 1.44. The highest BCUT2D eigenvalue weighted by molar-refractivity contribution is 6.04. The van der Waals surface area contributed by atoms with E-state index in [1.54, 1.807) is 69.4 Å². The van der Waals surface area contributed by atoms with Gasteiger partial charge in [0.25, 0.3) is 11.5 Å². The molecule has 0 fully saturated rings. The highest BCUT2D eigenvalue weighted by atomic mass is 16.2. The maximum absolute atomic E-state index is 13.4. The number of nitriles is 1. The van der Waals surface area contributed by atoms with Crippen molar-refractivity contribution < 1.29 is 9.59 Å². The molecule has 0 atom stereocenters. The molecule has 9 nitrogen and oxygen atoms in total. The fourth-order valence-corrected chi connectivity index (χ4v) is 3.99. The minimum absolute atomic E-state index is 0.0537. The van der Waals surface area contributed by atoms with Crippen molar-refractivity contribution in [2.24, 2.45) is 0 Å². The van der Waals surface area contributed by atoms with Crippen molar-refractivity contribution in [2.75, 3.05) is 24.2 Å². The number of anilines is 2. The second-order valence-corrected chi connectivity index (χ2v) is 9.42. The van der Waals surface area contributed by atoms with Crippen LogP contribution in [0, 0.1) is 18.3 Å². The Kier molecular flexibility index (Phi) is 7.26. The van der Waals surface area contributed by atoms with Crippen LogP contribution < -0.4 is 21.5 Å². The largest absolute Gasteiger partial charge is 0.374 e. The van der Waals surface area contributed by atoms with Crippen LogP contribution in [-0.2, 0) is 10.2 Å². The van der Waals surface area contributed by atoms with Gasteiger partial charge < -0.3 is 16.0 Å². The van der Waals surface area contributed by atoms with E-state index in [1.807, 2.05) is 19.1 Å². The molecule has 0 aliphatic heterocycles. The van der Waals surface area contributed by atoms with E-state index >= 15 is 0 Å². The molecular formula is C29H28N6O3. The number of rotatable bonds is 7. The molecule has 0 spiro atoms. The number of nitrogens with one attached hydrogen (secondary N) is 3. The van der Waals surface area contributed by atoms with Gasteiger partial charge in [-0.3, -0.25) is 19.0 Å². The number of hydrogen-bond acceptors (Lipinski definition) is 6. The molecule has 0 aliphatic rings. The van der Waals surface area contributed by atoms with E-state index in [4.69, 9.17) is 0 Å². The SMILES string of the molecule is CNC(=O)CNc1cccc2c(=O)n(-c3cc(NC(=O)c4cccc(C(C)(C)C#N)c4)ccc3C)cnc12. The summed E-state index contributed by atoms with van der Waals surface area (Å²) < 4.78 is 1.44. The zero-order chi connectivity index (χ0) is 27.4. The molecule has 0 aliphatic carbocycles. The van der Waals surface area contributed by atoms with E-state index in [2.05, 4.69) is 27.0 Å². The van der Waals surface area contributed by atoms with Crippen LogP contribution in [0.2, 0.25) is 0 Å². The predicted octanol–water partition coefficient (Wildman–Crippen LogP) is 3.91. The molecule has 0 saturated carbocycles. The van der Waals surface area contributed by atoms with Gasteiger partial charge in [0, 0.05) is 18.3 Å². The minimum atomic E-state index is -0.727. The third-order valence-corrected chi connectivity index (χ3v) is 6.36. The van der Waals surface area contributed by atoms with Gasteiger partial charge in [-0.2, -0.15) is 5.26 Å². The summed E-state index contributed by atoms with van der Waals surface area (Å²) in [5.41, 5.74) is 3.10. The maximum Gasteiger partial charge on any atom is 0.265 e. The Balaban J connectivity index is 1.66. The van der Waals surface area contributed by atoms with Gasteiger partial charge in [-0.05, 0) is 68.3 Å². The summed E-state index contributed by atoms with van der Waals surface area (Å²) >= 11 is 0. The number of aryl methyl sites for hydroxylation is 1. The second kappa shape index (κ2) is 10.6. The van der Waals surface area contributed by atoms with Crippen LogP contribution in [0.3, 0.4) is 0 Å². The molecule has 0 radical (unpaired) electrons. The van der Waals surface area contributed by atoms with Crippen molar-refractivity contribution in [1.82, 2.24) is 14.9 Å². The van der Waals surface area contributed by atoms with Crippen LogP contribution in [-0.4, -0.2) is 35.0 Å². The molecule has 0 saturated heterocycles. The number of likely N-dealkylation sites (N-methyl/N-ethyl adjacent to an activating group) is 1. The van der Waals surface area contributed by atoms with Crippen molar-refractivity contribution in [3.8, 4) is 11.8 Å². The maximum atomic E-state index is 13.4. The first-order chi connectivity index (χ1) is 18.1. The van der Waals surface area contributed by atoms with Crippen molar-refractivity contribution in [3.63, 3.8) is 0 Å². The van der Waals surface area contributed by atoms with E-state index in [0.717, 1.165) is 11.1 Å². The van der Waals surface area contributed by atoms with Crippen molar-refractivity contribution in [2.45, 2.75) is 26.2 Å². The van der Waals surface area contributed by atoms with E-state index in [-0.39, 0.29) is 23.9 Å². The van der Waals surface area contributed by atoms with Gasteiger partial charge in [-0.1, -0.05) is 24.3 Å². The predicted molar refractivity (Wildman–Crippen MR) is 148 cm³/mol. The van der Waals surface area contributed by atoms with Crippen LogP contribution in [0.25, 0.3) is 16.6 Å². The molecule has 4 aromatic rings. The molecular weight excluding hydrogens is 480 g/mol. The lowest BCUT2D eigenvalue weighted by molar-refractivity contribution is -0.118. The fraction of sp³-hybridized carbons (Fsp3) is 0.207. The number of nitrogens with zero attached hydrogens (tertiary/aromatic N) is 3. The number of para-hydroxylation sites is 1. The number of fused-ring (bicyclic) bond motifs is 1. The van der Waals surface area contributed by atoms with Gasteiger partial charge in [0.15, 0.2) is 0 Å². The zero-order valence-corrected chi connectivity index (χ0v) is 21.6. The lowest BCUT2D eigenvalue weighted by Crippen LogP contribution is -2.26. The number of carbonyl (C=O) groups is 2. The summed E-state index contributed by atoms with van der Waals surface area (Å²) in [5, 5.41) is 18.3. The quantitative estimate of drug-likeness (QED) is 0.347. The van der Waals surface area contributed by atoms with Crippen LogP contribution in [0.4, 0.5) is 11.4 Å². The molecule has 38 heavy (non-hydrogen) atoms. The van der Waals surface area contributed by atoms with E-state index in [0.29, 0.717) is 33.5 Å². The third-order valence-electron chi connectivity index (χ3n) is 6.36. The Bertz CT molecular complexity index is 1650. The molecule has 4 rings (SSSR count). The van der Waals surface area contributed by atoms with Gasteiger partial charge >= 0.3 is 0 Å². The molecule has 1 heterocycles. The first-order valence-corrected chi connectivity index (χ1v) is 12.0. The van der Waals surface area contributed by atoms with E-state index in [9.17, 15) is 19.6 Å². The number of hydrogen-bond donors (Lipinski definition) is 3. The molecule has 3 aromatic carbocycles. The molecule has 3 N–H and O–H groups in total. The third kappa shape index (κ3) is 5.25. The number of benzene rings is 3. The van der Waals surface area contributed by atoms with Crippen LogP contribution in [0.15, 0.2) is 71.8 Å². The van der Waals surface area contributed by atoms with Crippen molar-refractivity contribution >= 4 is 34.1 Å². The molecule has 2 amide bonds. The van der Waals surface area contributed by atoms with Gasteiger partial charge in [-0.15, -0.1) is 0 Å². The van der Waals surface area contributed by atoms with Crippen molar-refractivity contribution in [1.29, 1.82) is 5.26 Å². The Hall–Kier alpha value is -4.97. The summed E-state index contributed by atoms with van der Waals surface area (Å²) in [4.78, 5) is 42.6. The fourth-order valence-electron chi connectivity index (χ4n) is 3.99. The van der Waals surface area contributed by atoms with E-state index < -0.39 is 5.41 Å². The van der Waals surface area contributed by atoms with Gasteiger partial charge in [0.1, 0.15) is 11.8 Å². The zero-order valence-electron chi connectivity index (χ0n) is 21.6. The monoisotopic (exact) mass is 508 g/mol. The summed E-state index contributed by atoms with van der Waals surface area (Å²) in [7, 11) is 1.55. The second-order valence-electron chi connectivity index (χ2n) is 9.42. The Labute approximate surface area is 220 Å². The topological polar surface area (TPSA) is 129 Å². The highest BCUT2D eigenvalue weighted by Crippen LogP contribution is 2.25. The molecule has 1 aromatic heterocycles. The average molecular weight is 509 g/mol. The van der Waals surface area contributed by atoms with Crippen LogP contribution in [0.5, 0.6) is 0 Å². The molecule has 0 bridgehead atoms. The summed E-state index contributed by atoms with van der Waals surface area (Å²) in [6.45, 7) is 5.52. The van der Waals surface area contributed by atoms with Gasteiger partial charge in [0.2, 0.25) is 5.91 Å². The first-order valence-electron chi connectivity index (χ1n) is 12.0. The minimum Gasteiger partial charge on any atom is -0.374 e. The van der Waals surface area contributed by atoms with Crippen LogP contribution >= 0.6 is 0 Å².